The minimum atomic E-state index is 1.04. The van der Waals surface area contributed by atoms with Gasteiger partial charge in [-0.3, -0.25) is 0 Å². The number of nitrogens with zero attached hydrogens (tertiary/aromatic N) is 5. The van der Waals surface area contributed by atoms with Gasteiger partial charge in [0.05, 0.1) is 6.54 Å². The van der Waals surface area contributed by atoms with Gasteiger partial charge in [0.25, 0.3) is 0 Å². The van der Waals surface area contributed by atoms with Crippen molar-refractivity contribution in [3.8, 4) is 0 Å². The van der Waals surface area contributed by atoms with E-state index in [4.69, 9.17) is 0 Å². The first-order valence-electron chi connectivity index (χ1n) is 9.16. The lowest BCUT2D eigenvalue weighted by Gasteiger charge is -2.48. The van der Waals surface area contributed by atoms with Crippen molar-refractivity contribution in [1.82, 2.24) is 30.5 Å². The number of hydrogen-bond acceptors (Lipinski definition) is 6. The van der Waals surface area contributed by atoms with E-state index in [0.717, 1.165) is 32.7 Å². The van der Waals surface area contributed by atoms with Crippen LogP contribution in [0.4, 0.5) is 0 Å². The third-order valence-electron chi connectivity index (χ3n) is 5.31. The Morgan fingerprint density at radius 3 is 2.14 bits per heavy atom. The number of piperidine rings is 1. The van der Waals surface area contributed by atoms with Crippen LogP contribution in [-0.2, 0) is 0 Å². The monoisotopic (exact) mass is 306 g/mol. The number of rotatable bonds is 3. The molecule has 0 aromatic rings. The van der Waals surface area contributed by atoms with Crippen LogP contribution in [0.15, 0.2) is 11.9 Å². The Hall–Kier alpha value is -0.820. The van der Waals surface area contributed by atoms with Crippen molar-refractivity contribution in [2.24, 2.45) is 0 Å². The average Bonchev–Trinajstić information content (AvgIpc) is 3.25. The Balaban J connectivity index is 1.53. The molecule has 0 spiro atoms. The van der Waals surface area contributed by atoms with Crippen molar-refractivity contribution < 1.29 is 0 Å². The van der Waals surface area contributed by atoms with Gasteiger partial charge in [0, 0.05) is 52.4 Å². The van der Waals surface area contributed by atoms with E-state index in [1.165, 1.54) is 64.1 Å². The molecule has 0 radical (unpaired) electrons. The molecule has 0 aromatic heterocycles. The smallest absolute Gasteiger partial charge is 0.134 e. The first-order valence-corrected chi connectivity index (χ1v) is 9.16. The van der Waals surface area contributed by atoms with Crippen LogP contribution in [0.25, 0.3) is 0 Å². The fraction of sp³-hybridized carbons (Fsp3) is 0.875. The molecule has 4 rings (SSSR count). The molecule has 0 aliphatic carbocycles. The van der Waals surface area contributed by atoms with Crippen LogP contribution in [0.5, 0.6) is 0 Å². The zero-order valence-corrected chi connectivity index (χ0v) is 13.7. The maximum atomic E-state index is 3.48. The van der Waals surface area contributed by atoms with Crippen LogP contribution in [0.3, 0.4) is 0 Å². The van der Waals surface area contributed by atoms with E-state index in [1.807, 2.05) is 0 Å². The van der Waals surface area contributed by atoms with Crippen molar-refractivity contribution >= 4 is 0 Å². The summed E-state index contributed by atoms with van der Waals surface area (Å²) in [7, 11) is 0. The quantitative estimate of drug-likeness (QED) is 0.824. The Morgan fingerprint density at radius 1 is 0.727 bits per heavy atom. The van der Waals surface area contributed by atoms with Gasteiger partial charge >= 0.3 is 0 Å². The van der Waals surface area contributed by atoms with Crippen molar-refractivity contribution in [3.05, 3.63) is 11.9 Å². The zero-order chi connectivity index (χ0) is 14.8. The third-order valence-corrected chi connectivity index (χ3v) is 5.31. The molecule has 0 saturated carbocycles. The first-order chi connectivity index (χ1) is 10.9. The molecule has 1 N–H and O–H groups in total. The van der Waals surface area contributed by atoms with Gasteiger partial charge in [-0.2, -0.15) is 0 Å². The maximum absolute atomic E-state index is 3.48. The normalized spacial score (nSPS) is 29.4. The Kier molecular flexibility index (Phi) is 4.52. The molecule has 6 nitrogen and oxygen atoms in total. The van der Waals surface area contributed by atoms with E-state index in [9.17, 15) is 0 Å². The molecule has 0 aromatic carbocycles. The summed E-state index contributed by atoms with van der Waals surface area (Å²) in [5, 5.41) is 13.6. The topological polar surface area (TPSA) is 28.2 Å². The van der Waals surface area contributed by atoms with E-state index >= 15 is 0 Å². The van der Waals surface area contributed by atoms with Gasteiger partial charge in [-0.05, 0) is 31.8 Å². The van der Waals surface area contributed by atoms with E-state index in [-0.39, 0.29) is 0 Å². The summed E-state index contributed by atoms with van der Waals surface area (Å²) >= 11 is 0. The molecule has 6 heteroatoms. The highest BCUT2D eigenvalue weighted by Gasteiger charge is 2.37. The predicted octanol–water partition coefficient (Wildman–Crippen LogP) is 0.677. The highest BCUT2D eigenvalue weighted by Crippen LogP contribution is 2.28. The lowest BCUT2D eigenvalue weighted by Crippen LogP contribution is -2.62. The lowest BCUT2D eigenvalue weighted by molar-refractivity contribution is -0.256. The summed E-state index contributed by atoms with van der Waals surface area (Å²) in [6.07, 6.45) is 9.20. The van der Waals surface area contributed by atoms with Crippen molar-refractivity contribution in [2.75, 3.05) is 58.9 Å². The maximum Gasteiger partial charge on any atom is 0.134 e. The highest BCUT2D eigenvalue weighted by atomic mass is 16.0. The van der Waals surface area contributed by atoms with E-state index in [0.29, 0.717) is 0 Å². The zero-order valence-electron chi connectivity index (χ0n) is 13.7. The fourth-order valence-electron chi connectivity index (χ4n) is 4.12. The third kappa shape index (κ3) is 2.85. The Morgan fingerprint density at radius 2 is 1.41 bits per heavy atom. The Bertz CT molecular complexity index is 393. The molecule has 0 amide bonds. The minimum absolute atomic E-state index is 1.04. The summed E-state index contributed by atoms with van der Waals surface area (Å²) in [6, 6.07) is 0. The van der Waals surface area contributed by atoms with Gasteiger partial charge in [0.1, 0.15) is 5.82 Å². The molecule has 124 valence electrons. The molecular weight excluding hydrogens is 276 g/mol. The van der Waals surface area contributed by atoms with Crippen LogP contribution in [-0.4, -0.2) is 84.1 Å². The number of nitrogens with one attached hydrogen (secondary N) is 1. The Labute approximate surface area is 134 Å². The second-order valence-corrected chi connectivity index (χ2v) is 6.82. The van der Waals surface area contributed by atoms with Gasteiger partial charge in [0.15, 0.2) is 0 Å². The van der Waals surface area contributed by atoms with Gasteiger partial charge < -0.3 is 10.2 Å². The number of likely N-dealkylation sites (tertiary alicyclic amines) is 1. The van der Waals surface area contributed by atoms with Gasteiger partial charge in [-0.15, -0.1) is 5.12 Å². The summed E-state index contributed by atoms with van der Waals surface area (Å²) in [4.78, 5) is 2.59. The first kappa shape index (κ1) is 14.8. The summed E-state index contributed by atoms with van der Waals surface area (Å²) in [6.45, 7) is 10.3. The van der Waals surface area contributed by atoms with E-state index in [1.54, 1.807) is 0 Å². The minimum Gasteiger partial charge on any atom is -0.356 e. The van der Waals surface area contributed by atoms with Crippen LogP contribution >= 0.6 is 0 Å². The second-order valence-electron chi connectivity index (χ2n) is 6.82. The van der Waals surface area contributed by atoms with Crippen LogP contribution < -0.4 is 5.32 Å². The molecule has 0 bridgehead atoms. The molecule has 0 unspecified atom stereocenters. The summed E-state index contributed by atoms with van der Waals surface area (Å²) in [5.74, 6) is 1.44. The van der Waals surface area contributed by atoms with Gasteiger partial charge in [-0.1, -0.05) is 6.42 Å². The second kappa shape index (κ2) is 6.74. The molecule has 0 atom stereocenters. The fourth-order valence-corrected chi connectivity index (χ4v) is 4.12. The van der Waals surface area contributed by atoms with E-state index in [2.05, 4.69) is 36.5 Å². The summed E-state index contributed by atoms with van der Waals surface area (Å²) in [5.41, 5.74) is 0. The largest absolute Gasteiger partial charge is 0.356 e. The standard InChI is InChI=1S/C16H30N6/c1-2-11-19(12-3-1)21-13-6-16(18-9-4-5-10-18)22(21)20-14-7-17-8-15-20/h6,17H,1-5,7-15H2. The molecular formula is C16H30N6. The molecule has 3 fully saturated rings. The molecule has 4 heterocycles. The lowest BCUT2D eigenvalue weighted by atomic mass is 10.2. The summed E-state index contributed by atoms with van der Waals surface area (Å²) < 4.78 is 0. The SMILES string of the molecule is C1=C(N2CCCC2)N(N2CCNCC2)N(N2CCCCC2)C1. The predicted molar refractivity (Wildman–Crippen MR) is 87.3 cm³/mol. The van der Waals surface area contributed by atoms with E-state index < -0.39 is 0 Å². The molecule has 4 aliphatic heterocycles. The van der Waals surface area contributed by atoms with Crippen molar-refractivity contribution in [3.63, 3.8) is 0 Å². The molecule has 4 aliphatic rings. The molecule has 3 saturated heterocycles. The average molecular weight is 306 g/mol. The van der Waals surface area contributed by atoms with Crippen molar-refractivity contribution in [2.45, 2.75) is 32.1 Å². The highest BCUT2D eigenvalue weighted by molar-refractivity contribution is 5.07. The van der Waals surface area contributed by atoms with Crippen LogP contribution in [0.1, 0.15) is 32.1 Å². The van der Waals surface area contributed by atoms with Crippen molar-refractivity contribution in [1.29, 1.82) is 0 Å². The number of piperazine rings is 1. The van der Waals surface area contributed by atoms with Gasteiger partial charge in [0.2, 0.25) is 0 Å². The van der Waals surface area contributed by atoms with Crippen LogP contribution in [0, 0.1) is 0 Å². The van der Waals surface area contributed by atoms with Crippen LogP contribution in [0.2, 0.25) is 0 Å². The molecule has 22 heavy (non-hydrogen) atoms. The van der Waals surface area contributed by atoms with Gasteiger partial charge in [-0.25, -0.2) is 15.1 Å². The number of hydrogen-bond donors (Lipinski definition) is 1. The number of hydrazine groups is 3.